The number of hydrogen-bond acceptors (Lipinski definition) is 5. The lowest BCUT2D eigenvalue weighted by atomic mass is 10.1. The normalized spacial score (nSPS) is 10.9. The van der Waals surface area contributed by atoms with Crippen molar-refractivity contribution in [3.8, 4) is 11.4 Å². The van der Waals surface area contributed by atoms with Crippen molar-refractivity contribution in [3.05, 3.63) is 17.5 Å². The van der Waals surface area contributed by atoms with Gasteiger partial charge in [-0.05, 0) is 0 Å². The van der Waals surface area contributed by atoms with Gasteiger partial charge in [0.1, 0.15) is 17.0 Å². The zero-order chi connectivity index (χ0) is 13.3. The molecule has 0 aliphatic rings. The quantitative estimate of drug-likeness (QED) is 0.877. The van der Waals surface area contributed by atoms with Gasteiger partial charge < -0.3 is 9.84 Å². The van der Waals surface area contributed by atoms with Crippen LogP contribution in [-0.4, -0.2) is 33.1 Å². The Kier molecular flexibility index (Phi) is 3.04. The molecule has 0 atom stereocenters. The Morgan fingerprint density at radius 1 is 1.56 bits per heavy atom. The van der Waals surface area contributed by atoms with Crippen LogP contribution in [-0.2, 0) is 7.05 Å². The highest BCUT2D eigenvalue weighted by Crippen LogP contribution is 2.30. The molecule has 0 spiro atoms. The molecule has 2 heterocycles. The van der Waals surface area contributed by atoms with Crippen molar-refractivity contribution in [2.45, 2.75) is 6.43 Å². The van der Waals surface area contributed by atoms with Crippen LogP contribution in [0.15, 0.2) is 10.7 Å². The smallest absolute Gasteiger partial charge is 0.298 e. The summed E-state index contributed by atoms with van der Waals surface area (Å²) in [6.07, 6.45) is -1.49. The molecule has 2 aromatic rings. The average Bonchev–Trinajstić information content (AvgIpc) is 2.93. The molecule has 18 heavy (non-hydrogen) atoms. The standard InChI is InChI=1S/C9H9F2N5O2/c1-12-9(17)5-6(4-3-16(2)15-13-4)14-18-7(5)8(10)11/h3,8H,1-2H3,(H,12,17). The maximum Gasteiger partial charge on any atom is 0.298 e. The second-order valence-electron chi connectivity index (χ2n) is 3.43. The van der Waals surface area contributed by atoms with Gasteiger partial charge in [0.15, 0.2) is 0 Å². The fraction of sp³-hybridized carbons (Fsp3) is 0.333. The molecule has 0 fully saturated rings. The third-order valence-corrected chi connectivity index (χ3v) is 2.22. The highest BCUT2D eigenvalue weighted by molar-refractivity contribution is 6.00. The Labute approximate surface area is 99.8 Å². The van der Waals surface area contributed by atoms with E-state index in [0.717, 1.165) is 0 Å². The van der Waals surface area contributed by atoms with E-state index in [2.05, 4.69) is 25.3 Å². The highest BCUT2D eigenvalue weighted by atomic mass is 19.3. The Hall–Kier alpha value is -2.32. The number of aryl methyl sites for hydroxylation is 1. The largest absolute Gasteiger partial charge is 0.355 e. The van der Waals surface area contributed by atoms with E-state index in [1.54, 1.807) is 7.05 Å². The van der Waals surface area contributed by atoms with Crippen LogP contribution in [0.25, 0.3) is 11.4 Å². The van der Waals surface area contributed by atoms with E-state index in [4.69, 9.17) is 0 Å². The van der Waals surface area contributed by atoms with Gasteiger partial charge in [0.2, 0.25) is 5.76 Å². The third kappa shape index (κ3) is 1.94. The number of halogens is 2. The first-order chi connectivity index (χ1) is 8.54. The molecule has 0 bridgehead atoms. The molecule has 96 valence electrons. The van der Waals surface area contributed by atoms with Gasteiger partial charge in [0.05, 0.1) is 6.20 Å². The van der Waals surface area contributed by atoms with Crippen molar-refractivity contribution in [2.24, 2.45) is 7.05 Å². The van der Waals surface area contributed by atoms with Gasteiger partial charge in [-0.15, -0.1) is 5.10 Å². The predicted octanol–water partition coefficient (Wildman–Crippen LogP) is 0.767. The first-order valence-electron chi connectivity index (χ1n) is 4.91. The SMILES string of the molecule is CNC(=O)c1c(-c2cn(C)nn2)noc1C(F)F. The minimum Gasteiger partial charge on any atom is -0.355 e. The molecule has 0 radical (unpaired) electrons. The molecule has 2 aromatic heterocycles. The van der Waals surface area contributed by atoms with Gasteiger partial charge in [-0.1, -0.05) is 10.4 Å². The summed E-state index contributed by atoms with van der Waals surface area (Å²) in [7, 11) is 2.93. The number of alkyl halides is 2. The Balaban J connectivity index is 2.57. The number of carbonyl (C=O) groups excluding carboxylic acids is 1. The van der Waals surface area contributed by atoms with Crippen molar-refractivity contribution < 1.29 is 18.1 Å². The maximum atomic E-state index is 12.7. The fourth-order valence-electron chi connectivity index (χ4n) is 1.43. The van der Waals surface area contributed by atoms with Gasteiger partial charge in [-0.3, -0.25) is 9.48 Å². The summed E-state index contributed by atoms with van der Waals surface area (Å²) in [5.41, 5.74) is -0.197. The first-order valence-corrected chi connectivity index (χ1v) is 4.91. The van der Waals surface area contributed by atoms with E-state index < -0.39 is 18.1 Å². The van der Waals surface area contributed by atoms with E-state index in [9.17, 15) is 13.6 Å². The molecule has 1 amide bonds. The molecule has 0 saturated carbocycles. The summed E-state index contributed by atoms with van der Waals surface area (Å²) in [5.74, 6) is -1.50. The number of nitrogens with zero attached hydrogens (tertiary/aromatic N) is 4. The van der Waals surface area contributed by atoms with Crippen molar-refractivity contribution in [2.75, 3.05) is 7.05 Å². The van der Waals surface area contributed by atoms with Crippen LogP contribution < -0.4 is 5.32 Å². The van der Waals surface area contributed by atoms with E-state index in [1.165, 1.54) is 17.9 Å². The first kappa shape index (κ1) is 12.1. The molecule has 0 saturated heterocycles. The molecule has 0 aromatic carbocycles. The lowest BCUT2D eigenvalue weighted by molar-refractivity contribution is 0.0917. The molecule has 0 aliphatic heterocycles. The number of aromatic nitrogens is 4. The van der Waals surface area contributed by atoms with Crippen molar-refractivity contribution in [1.29, 1.82) is 0 Å². The molecular weight excluding hydrogens is 248 g/mol. The van der Waals surface area contributed by atoms with E-state index in [-0.39, 0.29) is 17.0 Å². The average molecular weight is 257 g/mol. The molecule has 0 aliphatic carbocycles. The van der Waals surface area contributed by atoms with Gasteiger partial charge in [0.25, 0.3) is 12.3 Å². The lowest BCUT2D eigenvalue weighted by Crippen LogP contribution is -2.19. The van der Waals surface area contributed by atoms with Gasteiger partial charge in [-0.2, -0.15) is 0 Å². The van der Waals surface area contributed by atoms with Gasteiger partial charge in [-0.25, -0.2) is 8.78 Å². The van der Waals surface area contributed by atoms with Crippen LogP contribution in [0.3, 0.4) is 0 Å². The van der Waals surface area contributed by atoms with Gasteiger partial charge in [0, 0.05) is 14.1 Å². The van der Waals surface area contributed by atoms with Crippen LogP contribution in [0.4, 0.5) is 8.78 Å². The number of rotatable bonds is 3. The summed E-state index contributed by atoms with van der Waals surface area (Å²) in [4.78, 5) is 11.6. The monoisotopic (exact) mass is 257 g/mol. The highest BCUT2D eigenvalue weighted by Gasteiger charge is 2.29. The van der Waals surface area contributed by atoms with Crippen molar-refractivity contribution >= 4 is 5.91 Å². The Morgan fingerprint density at radius 3 is 2.78 bits per heavy atom. The molecule has 0 unspecified atom stereocenters. The maximum absolute atomic E-state index is 12.7. The summed E-state index contributed by atoms with van der Waals surface area (Å²) in [6, 6.07) is 0. The third-order valence-electron chi connectivity index (χ3n) is 2.22. The zero-order valence-electron chi connectivity index (χ0n) is 9.52. The van der Waals surface area contributed by atoms with Crippen LogP contribution in [0.1, 0.15) is 22.5 Å². The molecule has 9 heteroatoms. The van der Waals surface area contributed by atoms with E-state index in [1.807, 2.05) is 0 Å². The summed E-state index contributed by atoms with van der Waals surface area (Å²) >= 11 is 0. The molecule has 7 nitrogen and oxygen atoms in total. The Bertz CT molecular complexity index is 577. The van der Waals surface area contributed by atoms with Crippen molar-refractivity contribution in [3.63, 3.8) is 0 Å². The fourth-order valence-corrected chi connectivity index (χ4v) is 1.43. The van der Waals surface area contributed by atoms with E-state index in [0.29, 0.717) is 0 Å². The zero-order valence-corrected chi connectivity index (χ0v) is 9.52. The number of hydrogen-bond donors (Lipinski definition) is 1. The summed E-state index contributed by atoms with van der Waals surface area (Å²) < 4.78 is 31.3. The van der Waals surface area contributed by atoms with Crippen LogP contribution in [0, 0.1) is 0 Å². The second-order valence-corrected chi connectivity index (χ2v) is 3.43. The van der Waals surface area contributed by atoms with Crippen molar-refractivity contribution in [1.82, 2.24) is 25.5 Å². The minimum absolute atomic E-state index is 0.0576. The minimum atomic E-state index is -2.93. The van der Waals surface area contributed by atoms with E-state index >= 15 is 0 Å². The number of carbonyl (C=O) groups is 1. The Morgan fingerprint density at radius 2 is 2.28 bits per heavy atom. The lowest BCUT2D eigenvalue weighted by Gasteiger charge is -1.99. The van der Waals surface area contributed by atoms with Crippen LogP contribution >= 0.6 is 0 Å². The molecular formula is C9H9F2N5O2. The number of amides is 1. The van der Waals surface area contributed by atoms with Crippen LogP contribution in [0.2, 0.25) is 0 Å². The van der Waals surface area contributed by atoms with Gasteiger partial charge >= 0.3 is 0 Å². The van der Waals surface area contributed by atoms with Crippen LogP contribution in [0.5, 0.6) is 0 Å². The molecule has 1 N–H and O–H groups in total. The topological polar surface area (TPSA) is 85.8 Å². The summed E-state index contributed by atoms with van der Waals surface area (Å²) in [6.45, 7) is 0. The number of nitrogens with one attached hydrogen (secondary N) is 1. The molecule has 2 rings (SSSR count). The summed E-state index contributed by atoms with van der Waals surface area (Å²) in [5, 5.41) is 13.1. The predicted molar refractivity (Wildman–Crippen MR) is 54.8 cm³/mol. The second kappa shape index (κ2) is 4.51.